The number of nitrogens with one attached hydrogen (secondary N) is 3. The van der Waals surface area contributed by atoms with Crippen LogP contribution in [0, 0.1) is 12.3 Å². The van der Waals surface area contributed by atoms with E-state index in [2.05, 4.69) is 35.6 Å². The number of carbonyl (C=O) groups is 4. The lowest BCUT2D eigenvalue weighted by Gasteiger charge is -2.49. The highest BCUT2D eigenvalue weighted by atomic mass is 35.5. The molecule has 0 saturated carbocycles. The number of imidazole rings is 1. The Kier molecular flexibility index (Phi) is 9.43. The Morgan fingerprint density at radius 1 is 1.02 bits per heavy atom. The summed E-state index contributed by atoms with van der Waals surface area (Å²) in [5.74, 6) is 0.418. The van der Waals surface area contributed by atoms with Crippen LogP contribution in [0.2, 0.25) is 5.02 Å². The Balaban J connectivity index is 0.779. The minimum absolute atomic E-state index is 0.0159. The minimum Gasteiger partial charge on any atom is -0.453 e. The molecule has 3 aromatic heterocycles. The fourth-order valence-corrected chi connectivity index (χ4v) is 8.47. The number of aromatic amines is 1. The predicted octanol–water partition coefficient (Wildman–Crippen LogP) is 5.92. The van der Waals surface area contributed by atoms with Gasteiger partial charge in [0.1, 0.15) is 22.1 Å². The van der Waals surface area contributed by atoms with E-state index in [1.165, 1.54) is 6.20 Å². The lowest BCUT2D eigenvalue weighted by atomic mass is 9.78. The SMILES string of the molecule is Cc1nn(C)cc1-c1nc2ncc(Cl)c(Oc3ccc(C(=O)NCc4cccc(C(=O)N5CCC6(C5)CN(c5ccc([C@@H]7CCC(=O)NC7=O)cc5)C6)c4)cc3)c2[nH]1. The maximum absolute atomic E-state index is 13.6. The number of hydrogen-bond donors (Lipinski definition) is 3. The third-order valence-corrected chi connectivity index (χ3v) is 11.6. The highest BCUT2D eigenvalue weighted by Gasteiger charge is 2.49. The van der Waals surface area contributed by atoms with E-state index in [1.54, 1.807) is 28.9 Å². The fraction of sp³-hybridized carbons (Fsp3) is 0.279. The number of fused-ring (bicyclic) bond motifs is 1. The number of ether oxygens (including phenoxy) is 1. The molecule has 3 saturated heterocycles. The molecule has 0 unspecified atom stereocenters. The summed E-state index contributed by atoms with van der Waals surface area (Å²) in [6, 6.07) is 22.2. The van der Waals surface area contributed by atoms with Gasteiger partial charge >= 0.3 is 0 Å². The van der Waals surface area contributed by atoms with Gasteiger partial charge in [-0.3, -0.25) is 29.2 Å². The molecule has 6 heterocycles. The molecule has 3 N–H and O–H groups in total. The van der Waals surface area contributed by atoms with Crippen LogP contribution in [0.3, 0.4) is 0 Å². The predicted molar refractivity (Wildman–Crippen MR) is 217 cm³/mol. The molecule has 0 radical (unpaired) electrons. The Hall–Kier alpha value is -6.54. The van der Waals surface area contributed by atoms with Crippen LogP contribution in [0.25, 0.3) is 22.6 Å². The molecule has 15 heteroatoms. The van der Waals surface area contributed by atoms with Gasteiger partial charge in [0.05, 0.1) is 23.4 Å². The lowest BCUT2D eigenvalue weighted by molar-refractivity contribution is -0.134. The number of amides is 4. The van der Waals surface area contributed by atoms with E-state index in [1.807, 2.05) is 73.6 Å². The monoisotopic (exact) mass is 797 g/mol. The van der Waals surface area contributed by atoms with Gasteiger partial charge in [-0.15, -0.1) is 0 Å². The van der Waals surface area contributed by atoms with Gasteiger partial charge in [0.15, 0.2) is 11.4 Å². The van der Waals surface area contributed by atoms with E-state index < -0.39 is 0 Å². The van der Waals surface area contributed by atoms with Crippen molar-refractivity contribution < 1.29 is 23.9 Å². The van der Waals surface area contributed by atoms with Gasteiger partial charge in [0.25, 0.3) is 11.8 Å². The minimum atomic E-state index is -0.300. The number of benzene rings is 3. The van der Waals surface area contributed by atoms with Crippen molar-refractivity contribution in [3.63, 3.8) is 0 Å². The van der Waals surface area contributed by atoms with Gasteiger partial charge in [0, 0.05) is 74.6 Å². The molecule has 294 valence electrons. The van der Waals surface area contributed by atoms with Crippen LogP contribution in [0.5, 0.6) is 11.5 Å². The zero-order valence-electron chi connectivity index (χ0n) is 31.9. The van der Waals surface area contributed by atoms with Crippen molar-refractivity contribution in [2.45, 2.75) is 38.6 Å². The quantitative estimate of drug-likeness (QED) is 0.151. The fourth-order valence-electron chi connectivity index (χ4n) is 8.29. The summed E-state index contributed by atoms with van der Waals surface area (Å²) in [5.41, 5.74) is 6.55. The summed E-state index contributed by atoms with van der Waals surface area (Å²) in [6.45, 7) is 5.24. The van der Waals surface area contributed by atoms with E-state index in [9.17, 15) is 19.2 Å². The Labute approximate surface area is 338 Å². The van der Waals surface area contributed by atoms with Crippen molar-refractivity contribution in [2.75, 3.05) is 31.1 Å². The van der Waals surface area contributed by atoms with Crippen molar-refractivity contribution in [1.29, 1.82) is 0 Å². The van der Waals surface area contributed by atoms with Gasteiger partial charge in [-0.25, -0.2) is 9.97 Å². The molecule has 3 fully saturated rings. The Morgan fingerprint density at radius 2 is 1.81 bits per heavy atom. The first-order chi connectivity index (χ1) is 28.0. The summed E-state index contributed by atoms with van der Waals surface area (Å²) >= 11 is 6.51. The van der Waals surface area contributed by atoms with Gasteiger partial charge in [-0.2, -0.15) is 5.10 Å². The molecule has 0 bridgehead atoms. The zero-order chi connectivity index (χ0) is 40.1. The van der Waals surface area contributed by atoms with Crippen molar-refractivity contribution >= 4 is 52.1 Å². The summed E-state index contributed by atoms with van der Waals surface area (Å²) < 4.78 is 7.89. The van der Waals surface area contributed by atoms with Crippen LogP contribution in [0.1, 0.15) is 62.7 Å². The second-order valence-electron chi connectivity index (χ2n) is 15.5. The van der Waals surface area contributed by atoms with Crippen molar-refractivity contribution in [1.82, 2.24) is 40.3 Å². The second kappa shape index (κ2) is 14.8. The van der Waals surface area contributed by atoms with Crippen molar-refractivity contribution in [3.8, 4) is 22.9 Å². The summed E-state index contributed by atoms with van der Waals surface area (Å²) in [6.07, 6.45) is 5.18. The summed E-state index contributed by atoms with van der Waals surface area (Å²) in [5, 5.41) is 10.1. The van der Waals surface area contributed by atoms with Crippen molar-refractivity contribution in [2.24, 2.45) is 12.5 Å². The molecule has 3 aliphatic rings. The number of anilines is 1. The molecule has 3 aliphatic heterocycles. The number of nitrogens with zero attached hydrogens (tertiary/aromatic N) is 6. The first-order valence-electron chi connectivity index (χ1n) is 19.2. The lowest BCUT2D eigenvalue weighted by Crippen LogP contribution is -2.58. The Morgan fingerprint density at radius 3 is 2.55 bits per heavy atom. The highest BCUT2D eigenvalue weighted by Crippen LogP contribution is 2.43. The number of aromatic nitrogens is 5. The number of hydrogen-bond acceptors (Lipinski definition) is 9. The van der Waals surface area contributed by atoms with Crippen LogP contribution in [-0.4, -0.2) is 79.4 Å². The largest absolute Gasteiger partial charge is 0.453 e. The average Bonchev–Trinajstić information content (AvgIpc) is 3.94. The van der Waals surface area contributed by atoms with E-state index in [4.69, 9.17) is 16.3 Å². The van der Waals surface area contributed by atoms with Gasteiger partial charge < -0.3 is 24.8 Å². The van der Waals surface area contributed by atoms with Crippen LogP contribution in [-0.2, 0) is 23.2 Å². The normalized spacial score (nSPS) is 17.4. The molecule has 6 aromatic rings. The van der Waals surface area contributed by atoms with E-state index in [0.717, 1.165) is 47.6 Å². The Bertz CT molecular complexity index is 2600. The number of halogens is 1. The second-order valence-corrected chi connectivity index (χ2v) is 15.9. The molecular weight excluding hydrogens is 758 g/mol. The van der Waals surface area contributed by atoms with Crippen molar-refractivity contribution in [3.05, 3.63) is 118 Å². The summed E-state index contributed by atoms with van der Waals surface area (Å²) in [4.78, 5) is 67.1. The number of rotatable bonds is 9. The van der Waals surface area contributed by atoms with E-state index >= 15 is 0 Å². The molecular formula is C43H40ClN9O5. The van der Waals surface area contributed by atoms with Crippen LogP contribution >= 0.6 is 11.6 Å². The number of piperidine rings is 1. The van der Waals surface area contributed by atoms with Crippen LogP contribution in [0.15, 0.2) is 85.2 Å². The molecule has 14 nitrogen and oxygen atoms in total. The van der Waals surface area contributed by atoms with E-state index in [-0.39, 0.29) is 41.5 Å². The maximum atomic E-state index is 13.6. The van der Waals surface area contributed by atoms with Gasteiger partial charge in [0.2, 0.25) is 11.8 Å². The highest BCUT2D eigenvalue weighted by molar-refractivity contribution is 6.32. The summed E-state index contributed by atoms with van der Waals surface area (Å²) in [7, 11) is 1.85. The number of pyridine rings is 1. The maximum Gasteiger partial charge on any atom is 0.253 e. The number of imide groups is 1. The first-order valence-corrected chi connectivity index (χ1v) is 19.6. The third kappa shape index (κ3) is 7.15. The van der Waals surface area contributed by atoms with E-state index in [0.29, 0.717) is 70.6 Å². The van der Waals surface area contributed by atoms with Gasteiger partial charge in [-0.05, 0) is 79.4 Å². The number of H-pyrrole nitrogens is 1. The van der Waals surface area contributed by atoms with Crippen LogP contribution < -0.4 is 20.3 Å². The molecule has 58 heavy (non-hydrogen) atoms. The molecule has 0 aliphatic carbocycles. The number of aryl methyl sites for hydroxylation is 2. The average molecular weight is 798 g/mol. The van der Waals surface area contributed by atoms with Crippen LogP contribution in [0.4, 0.5) is 5.69 Å². The zero-order valence-corrected chi connectivity index (χ0v) is 32.7. The molecule has 4 amide bonds. The molecule has 1 spiro atoms. The van der Waals surface area contributed by atoms with Gasteiger partial charge in [-0.1, -0.05) is 35.9 Å². The smallest absolute Gasteiger partial charge is 0.253 e. The third-order valence-electron chi connectivity index (χ3n) is 11.3. The molecule has 1 atom stereocenters. The standard InChI is InChI=1S/C43H40ClN9O5/c1-25-33(21-51(2)50-25)38-48-36-37(34(44)20-45-39(36)49-38)58-31-12-8-28(9-13-31)40(55)46-19-26-4-3-5-29(18-26)42(57)52-17-16-43(22-52)23-53(24-43)30-10-6-27(7-11-30)32-14-15-35(54)47-41(32)56/h3-13,18,20-21,32H,14-17,19,22-24H2,1-2H3,(H,46,55)(H,45,48,49)(H,47,54,56)/t32-/m0/s1. The topological polar surface area (TPSA) is 167 Å². The number of likely N-dealkylation sites (tertiary alicyclic amines) is 1. The number of carbonyl (C=O) groups excluding carboxylic acids is 4. The molecule has 9 rings (SSSR count). The first kappa shape index (κ1) is 37.1. The molecule has 3 aromatic carbocycles.